The van der Waals surface area contributed by atoms with Crippen LogP contribution in [0.3, 0.4) is 0 Å². The van der Waals surface area contributed by atoms with Gasteiger partial charge in [0.05, 0.1) is 6.54 Å². The number of hydrogen-bond donors (Lipinski definition) is 1. The number of hydrogen-bond acceptors (Lipinski definition) is 3. The highest BCUT2D eigenvalue weighted by atomic mass is 16.3. The Bertz CT molecular complexity index is 394. The van der Waals surface area contributed by atoms with Gasteiger partial charge in [0.25, 0.3) is 0 Å². The summed E-state index contributed by atoms with van der Waals surface area (Å²) in [5.74, 6) is 2.17. The molecule has 114 valence electrons. The average molecular weight is 278 g/mol. The standard InChI is InChI=1S/C17H30N2O/c1-4-10-18-12-17-11-15(14(3)20-17)13-19(5-2)16-8-6-7-9-16/h11,16,18H,4-10,12-13H2,1-3H3. The molecule has 0 amide bonds. The monoisotopic (exact) mass is 278 g/mol. The predicted molar refractivity (Wildman–Crippen MR) is 83.8 cm³/mol. The summed E-state index contributed by atoms with van der Waals surface area (Å²) in [4.78, 5) is 2.62. The van der Waals surface area contributed by atoms with Gasteiger partial charge in [0.1, 0.15) is 11.5 Å². The SMILES string of the molecule is CCCNCc1cc(CN(CC)C2CCCC2)c(C)o1. The molecular weight excluding hydrogens is 248 g/mol. The summed E-state index contributed by atoms with van der Waals surface area (Å²) in [6.45, 7) is 10.6. The van der Waals surface area contributed by atoms with Crippen molar-refractivity contribution in [1.82, 2.24) is 10.2 Å². The summed E-state index contributed by atoms with van der Waals surface area (Å²) in [7, 11) is 0. The van der Waals surface area contributed by atoms with Gasteiger partial charge in [0.15, 0.2) is 0 Å². The first-order valence-corrected chi connectivity index (χ1v) is 8.27. The molecule has 1 aromatic rings. The van der Waals surface area contributed by atoms with Crippen molar-refractivity contribution in [3.8, 4) is 0 Å². The van der Waals surface area contributed by atoms with Crippen molar-refractivity contribution in [2.75, 3.05) is 13.1 Å². The smallest absolute Gasteiger partial charge is 0.118 e. The van der Waals surface area contributed by atoms with E-state index in [1.165, 1.54) is 31.2 Å². The Balaban J connectivity index is 1.93. The fraction of sp³-hybridized carbons (Fsp3) is 0.765. The second-order valence-electron chi connectivity index (χ2n) is 5.97. The number of furan rings is 1. The summed E-state index contributed by atoms with van der Waals surface area (Å²) in [5.41, 5.74) is 1.37. The molecule has 0 atom stereocenters. The molecule has 3 heteroatoms. The molecule has 1 aliphatic carbocycles. The van der Waals surface area contributed by atoms with Crippen LogP contribution >= 0.6 is 0 Å². The molecule has 20 heavy (non-hydrogen) atoms. The molecule has 1 N–H and O–H groups in total. The topological polar surface area (TPSA) is 28.4 Å². The Hall–Kier alpha value is -0.800. The molecule has 1 aliphatic rings. The van der Waals surface area contributed by atoms with Gasteiger partial charge in [-0.25, -0.2) is 0 Å². The quantitative estimate of drug-likeness (QED) is 0.732. The van der Waals surface area contributed by atoms with Gasteiger partial charge in [-0.2, -0.15) is 0 Å². The van der Waals surface area contributed by atoms with Gasteiger partial charge in [0, 0.05) is 18.2 Å². The molecule has 0 aliphatic heterocycles. The molecule has 1 saturated carbocycles. The van der Waals surface area contributed by atoms with Gasteiger partial charge < -0.3 is 9.73 Å². The molecule has 3 nitrogen and oxygen atoms in total. The van der Waals surface area contributed by atoms with E-state index in [-0.39, 0.29) is 0 Å². The van der Waals surface area contributed by atoms with Crippen molar-refractivity contribution in [3.05, 3.63) is 23.2 Å². The molecule has 0 bridgehead atoms. The first-order chi connectivity index (χ1) is 9.74. The minimum absolute atomic E-state index is 0.788. The van der Waals surface area contributed by atoms with E-state index in [1.807, 2.05) is 0 Å². The minimum Gasteiger partial charge on any atom is -0.465 e. The van der Waals surface area contributed by atoms with Crippen LogP contribution in [0.4, 0.5) is 0 Å². The fourth-order valence-corrected chi connectivity index (χ4v) is 3.21. The molecule has 1 heterocycles. The maximum atomic E-state index is 5.88. The van der Waals surface area contributed by atoms with Crippen molar-refractivity contribution in [2.45, 2.75) is 72.0 Å². The van der Waals surface area contributed by atoms with Gasteiger partial charge >= 0.3 is 0 Å². The molecule has 0 saturated heterocycles. The van der Waals surface area contributed by atoms with Crippen LogP contribution < -0.4 is 5.32 Å². The zero-order valence-corrected chi connectivity index (χ0v) is 13.4. The third kappa shape index (κ3) is 4.10. The van der Waals surface area contributed by atoms with E-state index in [2.05, 4.69) is 37.1 Å². The molecule has 1 aromatic heterocycles. The predicted octanol–water partition coefficient (Wildman–Crippen LogP) is 3.85. The van der Waals surface area contributed by atoms with Crippen molar-refractivity contribution in [1.29, 1.82) is 0 Å². The lowest BCUT2D eigenvalue weighted by atomic mass is 10.1. The highest BCUT2D eigenvalue weighted by molar-refractivity contribution is 5.21. The number of rotatable bonds is 8. The minimum atomic E-state index is 0.788. The fourth-order valence-electron chi connectivity index (χ4n) is 3.21. The largest absolute Gasteiger partial charge is 0.465 e. The normalized spacial score (nSPS) is 16.4. The van der Waals surface area contributed by atoms with Crippen LogP contribution in [0.25, 0.3) is 0 Å². The van der Waals surface area contributed by atoms with E-state index in [0.29, 0.717) is 0 Å². The van der Waals surface area contributed by atoms with Gasteiger partial charge in [-0.15, -0.1) is 0 Å². The molecular formula is C17H30N2O. The number of nitrogens with zero attached hydrogens (tertiary/aromatic N) is 1. The summed E-state index contributed by atoms with van der Waals surface area (Å²) in [6, 6.07) is 3.03. The number of aryl methyl sites for hydroxylation is 1. The van der Waals surface area contributed by atoms with Crippen molar-refractivity contribution >= 4 is 0 Å². The van der Waals surface area contributed by atoms with Crippen molar-refractivity contribution in [2.24, 2.45) is 0 Å². The highest BCUT2D eigenvalue weighted by Crippen LogP contribution is 2.26. The zero-order chi connectivity index (χ0) is 14.4. The molecule has 0 radical (unpaired) electrons. The Morgan fingerprint density at radius 1 is 1.30 bits per heavy atom. The van der Waals surface area contributed by atoms with Gasteiger partial charge in [0.2, 0.25) is 0 Å². The lowest BCUT2D eigenvalue weighted by Crippen LogP contribution is -2.32. The van der Waals surface area contributed by atoms with Crippen LogP contribution in [-0.2, 0) is 13.1 Å². The van der Waals surface area contributed by atoms with E-state index < -0.39 is 0 Å². The van der Waals surface area contributed by atoms with Crippen LogP contribution in [0.5, 0.6) is 0 Å². The van der Waals surface area contributed by atoms with Gasteiger partial charge in [-0.1, -0.05) is 26.7 Å². The summed E-state index contributed by atoms with van der Waals surface area (Å²) >= 11 is 0. The molecule has 0 spiro atoms. The highest BCUT2D eigenvalue weighted by Gasteiger charge is 2.22. The van der Waals surface area contributed by atoms with Gasteiger partial charge in [-0.05, 0) is 45.3 Å². The molecule has 0 unspecified atom stereocenters. The Morgan fingerprint density at radius 3 is 2.70 bits per heavy atom. The summed E-state index contributed by atoms with van der Waals surface area (Å²) in [6.07, 6.45) is 6.71. The van der Waals surface area contributed by atoms with E-state index in [1.54, 1.807) is 0 Å². The van der Waals surface area contributed by atoms with Crippen LogP contribution in [0.1, 0.15) is 63.0 Å². The first kappa shape index (κ1) is 15.6. The lowest BCUT2D eigenvalue weighted by molar-refractivity contribution is 0.199. The van der Waals surface area contributed by atoms with E-state index in [0.717, 1.165) is 50.2 Å². The molecule has 1 fully saturated rings. The van der Waals surface area contributed by atoms with Crippen LogP contribution in [0.15, 0.2) is 10.5 Å². The van der Waals surface area contributed by atoms with Crippen LogP contribution in [-0.4, -0.2) is 24.0 Å². The van der Waals surface area contributed by atoms with Gasteiger partial charge in [-0.3, -0.25) is 4.90 Å². The van der Waals surface area contributed by atoms with Crippen molar-refractivity contribution in [3.63, 3.8) is 0 Å². The second-order valence-corrected chi connectivity index (χ2v) is 5.97. The molecule has 0 aromatic carbocycles. The number of nitrogens with one attached hydrogen (secondary N) is 1. The van der Waals surface area contributed by atoms with E-state index >= 15 is 0 Å². The van der Waals surface area contributed by atoms with E-state index in [9.17, 15) is 0 Å². The Morgan fingerprint density at radius 2 is 2.05 bits per heavy atom. The third-order valence-electron chi connectivity index (χ3n) is 4.42. The lowest BCUT2D eigenvalue weighted by Gasteiger charge is -2.27. The maximum absolute atomic E-state index is 5.88. The summed E-state index contributed by atoms with van der Waals surface area (Å²) in [5, 5.41) is 3.41. The summed E-state index contributed by atoms with van der Waals surface area (Å²) < 4.78 is 5.88. The van der Waals surface area contributed by atoms with Crippen LogP contribution in [0, 0.1) is 6.92 Å². The second kappa shape index (κ2) is 7.84. The van der Waals surface area contributed by atoms with Crippen LogP contribution in [0.2, 0.25) is 0 Å². The first-order valence-electron chi connectivity index (χ1n) is 8.27. The average Bonchev–Trinajstić information content (AvgIpc) is 3.07. The molecule has 2 rings (SSSR count). The Kier molecular flexibility index (Phi) is 6.11. The Labute approximate surface area is 123 Å². The third-order valence-corrected chi connectivity index (χ3v) is 4.42. The van der Waals surface area contributed by atoms with E-state index in [4.69, 9.17) is 4.42 Å². The maximum Gasteiger partial charge on any atom is 0.118 e. The van der Waals surface area contributed by atoms with Crippen molar-refractivity contribution < 1.29 is 4.42 Å². The zero-order valence-electron chi connectivity index (χ0n) is 13.4.